The second-order valence-electron chi connectivity index (χ2n) is 6.92. The fraction of sp³-hybridized carbons (Fsp3) is 0.167. The summed E-state index contributed by atoms with van der Waals surface area (Å²) in [5.74, 6) is -0.398. The van der Waals surface area contributed by atoms with Gasteiger partial charge in [-0.1, -0.05) is 65.7 Å². The zero-order valence-corrected chi connectivity index (χ0v) is 16.2. The van der Waals surface area contributed by atoms with Gasteiger partial charge in [0, 0.05) is 24.2 Å². The van der Waals surface area contributed by atoms with Crippen molar-refractivity contribution in [3.63, 3.8) is 0 Å². The SMILES string of the molecule is Cc1cccc(CNC(=O)c2cccc(C(=O)NCc3cccc(C)c3)c2)c1. The monoisotopic (exact) mass is 372 g/mol. The van der Waals surface area contributed by atoms with Crippen LogP contribution in [0.1, 0.15) is 43.0 Å². The van der Waals surface area contributed by atoms with Crippen LogP contribution in [0.15, 0.2) is 72.8 Å². The molecule has 142 valence electrons. The van der Waals surface area contributed by atoms with Gasteiger partial charge in [0.05, 0.1) is 0 Å². The molecule has 0 saturated heterocycles. The molecule has 0 radical (unpaired) electrons. The summed E-state index contributed by atoms with van der Waals surface area (Å²) < 4.78 is 0. The molecule has 0 unspecified atom stereocenters. The molecule has 2 amide bonds. The summed E-state index contributed by atoms with van der Waals surface area (Å²) in [5.41, 5.74) is 5.32. The Morgan fingerprint density at radius 3 is 1.50 bits per heavy atom. The van der Waals surface area contributed by atoms with Crippen LogP contribution < -0.4 is 10.6 Å². The molecule has 3 rings (SSSR count). The van der Waals surface area contributed by atoms with Gasteiger partial charge in [-0.25, -0.2) is 0 Å². The molecule has 0 bridgehead atoms. The van der Waals surface area contributed by atoms with E-state index in [0.717, 1.165) is 22.3 Å². The third-order valence-electron chi connectivity index (χ3n) is 4.46. The molecule has 0 aliphatic rings. The Morgan fingerprint density at radius 1 is 0.643 bits per heavy atom. The summed E-state index contributed by atoms with van der Waals surface area (Å²) in [6, 6.07) is 22.8. The summed E-state index contributed by atoms with van der Waals surface area (Å²) in [6.07, 6.45) is 0. The topological polar surface area (TPSA) is 58.2 Å². The van der Waals surface area contributed by atoms with Crippen molar-refractivity contribution >= 4 is 11.8 Å². The first-order chi connectivity index (χ1) is 13.5. The predicted octanol–water partition coefficient (Wildman–Crippen LogP) is 4.16. The molecule has 0 aliphatic carbocycles. The molecule has 3 aromatic rings. The van der Waals surface area contributed by atoms with E-state index in [0.29, 0.717) is 24.2 Å². The lowest BCUT2D eigenvalue weighted by Crippen LogP contribution is -2.25. The molecule has 0 aromatic heterocycles. The first-order valence-corrected chi connectivity index (χ1v) is 9.29. The Morgan fingerprint density at radius 2 is 1.07 bits per heavy atom. The lowest BCUT2D eigenvalue weighted by Gasteiger charge is -2.09. The van der Waals surface area contributed by atoms with Crippen LogP contribution in [0.2, 0.25) is 0 Å². The van der Waals surface area contributed by atoms with E-state index in [9.17, 15) is 9.59 Å². The third kappa shape index (κ3) is 5.30. The van der Waals surface area contributed by atoms with Crippen LogP contribution in [0, 0.1) is 13.8 Å². The van der Waals surface area contributed by atoms with Crippen LogP contribution in [0.3, 0.4) is 0 Å². The molecule has 0 saturated carbocycles. The summed E-state index contributed by atoms with van der Waals surface area (Å²) in [4.78, 5) is 24.9. The predicted molar refractivity (Wildman–Crippen MR) is 111 cm³/mol. The zero-order chi connectivity index (χ0) is 19.9. The van der Waals surface area contributed by atoms with Crippen molar-refractivity contribution < 1.29 is 9.59 Å². The van der Waals surface area contributed by atoms with Crippen molar-refractivity contribution in [1.29, 1.82) is 0 Å². The molecule has 28 heavy (non-hydrogen) atoms. The van der Waals surface area contributed by atoms with Gasteiger partial charge in [0.25, 0.3) is 11.8 Å². The van der Waals surface area contributed by atoms with Crippen molar-refractivity contribution in [3.05, 3.63) is 106 Å². The molecule has 0 aliphatic heterocycles. The Hall–Kier alpha value is -3.40. The van der Waals surface area contributed by atoms with Gasteiger partial charge < -0.3 is 10.6 Å². The average molecular weight is 372 g/mol. The summed E-state index contributed by atoms with van der Waals surface area (Å²) in [7, 11) is 0. The van der Waals surface area contributed by atoms with Crippen molar-refractivity contribution in [2.45, 2.75) is 26.9 Å². The standard InChI is InChI=1S/C24H24N2O2/c1-17-6-3-8-19(12-17)15-25-23(27)21-10-5-11-22(14-21)24(28)26-16-20-9-4-7-18(2)13-20/h3-14H,15-16H2,1-2H3,(H,25,27)(H,26,28). The van der Waals surface area contributed by atoms with Crippen molar-refractivity contribution in [2.75, 3.05) is 0 Å². The zero-order valence-electron chi connectivity index (χ0n) is 16.2. The summed E-state index contributed by atoms with van der Waals surface area (Å²) in [6.45, 7) is 4.93. The van der Waals surface area contributed by atoms with Crippen molar-refractivity contribution in [3.8, 4) is 0 Å². The lowest BCUT2D eigenvalue weighted by molar-refractivity contribution is 0.0950. The molecular weight excluding hydrogens is 348 g/mol. The highest BCUT2D eigenvalue weighted by Gasteiger charge is 2.10. The van der Waals surface area contributed by atoms with Gasteiger partial charge in [-0.05, 0) is 43.2 Å². The van der Waals surface area contributed by atoms with E-state index in [4.69, 9.17) is 0 Å². The minimum Gasteiger partial charge on any atom is -0.348 e. The highest BCUT2D eigenvalue weighted by molar-refractivity contribution is 5.99. The van der Waals surface area contributed by atoms with E-state index >= 15 is 0 Å². The third-order valence-corrected chi connectivity index (χ3v) is 4.46. The molecular formula is C24H24N2O2. The first kappa shape index (κ1) is 19.4. The molecule has 3 aromatic carbocycles. The fourth-order valence-corrected chi connectivity index (χ4v) is 3.01. The maximum Gasteiger partial charge on any atom is 0.251 e. The largest absolute Gasteiger partial charge is 0.348 e. The Kier molecular flexibility index (Phi) is 6.22. The molecule has 4 nitrogen and oxygen atoms in total. The van der Waals surface area contributed by atoms with Crippen LogP contribution in [-0.4, -0.2) is 11.8 Å². The van der Waals surface area contributed by atoms with E-state index < -0.39 is 0 Å². The molecule has 0 fully saturated rings. The number of hydrogen-bond acceptors (Lipinski definition) is 2. The highest BCUT2D eigenvalue weighted by atomic mass is 16.2. The summed E-state index contributed by atoms with van der Waals surface area (Å²) >= 11 is 0. The smallest absolute Gasteiger partial charge is 0.251 e. The van der Waals surface area contributed by atoms with E-state index in [-0.39, 0.29) is 11.8 Å². The number of rotatable bonds is 6. The molecule has 0 atom stereocenters. The first-order valence-electron chi connectivity index (χ1n) is 9.29. The molecule has 2 N–H and O–H groups in total. The minimum atomic E-state index is -0.199. The summed E-state index contributed by atoms with van der Waals surface area (Å²) in [5, 5.41) is 5.80. The van der Waals surface area contributed by atoms with E-state index in [1.807, 2.05) is 62.4 Å². The maximum absolute atomic E-state index is 12.5. The molecule has 4 heteroatoms. The van der Waals surface area contributed by atoms with Crippen LogP contribution >= 0.6 is 0 Å². The molecule has 0 heterocycles. The maximum atomic E-state index is 12.5. The van der Waals surface area contributed by atoms with E-state index in [2.05, 4.69) is 10.6 Å². The lowest BCUT2D eigenvalue weighted by atomic mass is 10.1. The number of hydrogen-bond donors (Lipinski definition) is 2. The van der Waals surface area contributed by atoms with Crippen LogP contribution in [0.25, 0.3) is 0 Å². The van der Waals surface area contributed by atoms with Gasteiger partial charge in [-0.3, -0.25) is 9.59 Å². The van der Waals surface area contributed by atoms with Gasteiger partial charge in [-0.15, -0.1) is 0 Å². The van der Waals surface area contributed by atoms with Crippen molar-refractivity contribution in [1.82, 2.24) is 10.6 Å². The second-order valence-corrected chi connectivity index (χ2v) is 6.92. The number of nitrogens with one attached hydrogen (secondary N) is 2. The molecule has 0 spiro atoms. The Bertz CT molecular complexity index is 918. The fourth-order valence-electron chi connectivity index (χ4n) is 3.01. The van der Waals surface area contributed by atoms with E-state index in [1.54, 1.807) is 24.3 Å². The Balaban J connectivity index is 1.60. The quantitative estimate of drug-likeness (QED) is 0.682. The average Bonchev–Trinajstić information content (AvgIpc) is 2.70. The van der Waals surface area contributed by atoms with Crippen molar-refractivity contribution in [2.24, 2.45) is 0 Å². The number of carbonyl (C=O) groups excluding carboxylic acids is 2. The number of amides is 2. The van der Waals surface area contributed by atoms with Gasteiger partial charge in [-0.2, -0.15) is 0 Å². The van der Waals surface area contributed by atoms with Crippen LogP contribution in [0.5, 0.6) is 0 Å². The second kappa shape index (κ2) is 9.00. The van der Waals surface area contributed by atoms with Gasteiger partial charge in [0.1, 0.15) is 0 Å². The van der Waals surface area contributed by atoms with Crippen LogP contribution in [0.4, 0.5) is 0 Å². The van der Waals surface area contributed by atoms with Gasteiger partial charge in [0.15, 0.2) is 0 Å². The number of benzene rings is 3. The normalized spacial score (nSPS) is 10.4. The Labute approximate surface area is 165 Å². The van der Waals surface area contributed by atoms with Crippen LogP contribution in [-0.2, 0) is 13.1 Å². The van der Waals surface area contributed by atoms with E-state index in [1.165, 1.54) is 0 Å². The highest BCUT2D eigenvalue weighted by Crippen LogP contribution is 2.09. The van der Waals surface area contributed by atoms with Gasteiger partial charge in [0.2, 0.25) is 0 Å². The van der Waals surface area contributed by atoms with Gasteiger partial charge >= 0.3 is 0 Å². The minimum absolute atomic E-state index is 0.199. The number of carbonyl (C=O) groups is 2. The number of aryl methyl sites for hydroxylation is 2.